The molecule has 0 rings (SSSR count). The van der Waals surface area contributed by atoms with Gasteiger partial charge in [-0.25, -0.2) is 0 Å². The van der Waals surface area contributed by atoms with Crippen molar-refractivity contribution >= 4 is 16.8 Å². The first-order valence-corrected chi connectivity index (χ1v) is 4.40. The van der Waals surface area contributed by atoms with Crippen molar-refractivity contribution in [1.82, 2.24) is 0 Å². The van der Waals surface area contributed by atoms with Gasteiger partial charge in [-0.05, 0) is 37.3 Å². The second kappa shape index (κ2) is 6.41. The molecule has 0 bridgehead atoms. The smallest absolute Gasteiger partial charge is 0.224 e. The molecule has 0 aromatic carbocycles. The van der Waals surface area contributed by atoms with E-state index in [0.717, 1.165) is 25.7 Å². The third-order valence-corrected chi connectivity index (χ3v) is 2.08. The molecule has 0 heterocycles. The van der Waals surface area contributed by atoms with Gasteiger partial charge in [-0.1, -0.05) is 13.0 Å². The highest BCUT2D eigenvalue weighted by atomic mass is 35.5. The van der Waals surface area contributed by atoms with E-state index in [9.17, 15) is 4.79 Å². The van der Waals surface area contributed by atoms with Crippen molar-refractivity contribution < 1.29 is 4.79 Å². The van der Waals surface area contributed by atoms with Crippen LogP contribution < -0.4 is 0 Å². The molecule has 2 heteroatoms. The van der Waals surface area contributed by atoms with E-state index in [1.807, 2.05) is 13.0 Å². The second-order valence-electron chi connectivity index (χ2n) is 2.63. The predicted octanol–water partition coefficient (Wildman–Crippen LogP) is 3.13. The Balaban J connectivity index is 3.52. The summed E-state index contributed by atoms with van der Waals surface area (Å²) in [7, 11) is 0. The highest BCUT2D eigenvalue weighted by Crippen LogP contribution is 2.15. The van der Waals surface area contributed by atoms with Crippen LogP contribution in [0.3, 0.4) is 0 Å². The Bertz CT molecular complexity index is 132. The molecule has 11 heavy (non-hydrogen) atoms. The van der Waals surface area contributed by atoms with Gasteiger partial charge in [-0.2, -0.15) is 0 Å². The quantitative estimate of drug-likeness (QED) is 0.344. The molecule has 1 unspecified atom stereocenters. The molecule has 0 radical (unpaired) electrons. The molecular formula is C9H15ClO. The number of halogens is 1. The average molecular weight is 175 g/mol. The highest BCUT2D eigenvalue weighted by Gasteiger charge is 2.12. The van der Waals surface area contributed by atoms with Crippen molar-refractivity contribution in [3.63, 3.8) is 0 Å². The van der Waals surface area contributed by atoms with Gasteiger partial charge in [0.25, 0.3) is 0 Å². The maximum Gasteiger partial charge on any atom is 0.224 e. The van der Waals surface area contributed by atoms with Crippen LogP contribution >= 0.6 is 11.6 Å². The van der Waals surface area contributed by atoms with E-state index in [1.54, 1.807) is 0 Å². The van der Waals surface area contributed by atoms with Crippen molar-refractivity contribution in [3.8, 4) is 0 Å². The van der Waals surface area contributed by atoms with E-state index in [0.29, 0.717) is 0 Å². The van der Waals surface area contributed by atoms with Gasteiger partial charge in [0.1, 0.15) is 0 Å². The van der Waals surface area contributed by atoms with Crippen molar-refractivity contribution in [2.24, 2.45) is 5.92 Å². The minimum Gasteiger partial charge on any atom is -0.281 e. The Morgan fingerprint density at radius 1 is 1.73 bits per heavy atom. The van der Waals surface area contributed by atoms with E-state index in [-0.39, 0.29) is 11.2 Å². The fourth-order valence-electron chi connectivity index (χ4n) is 0.987. The number of hydrogen-bond donors (Lipinski definition) is 0. The molecule has 0 aliphatic heterocycles. The van der Waals surface area contributed by atoms with Crippen LogP contribution in [0.15, 0.2) is 12.7 Å². The molecule has 0 aliphatic carbocycles. The number of hydrogen-bond acceptors (Lipinski definition) is 1. The maximum absolute atomic E-state index is 10.7. The molecule has 0 amide bonds. The van der Waals surface area contributed by atoms with Crippen LogP contribution in [0.25, 0.3) is 0 Å². The first kappa shape index (κ1) is 10.7. The minimum atomic E-state index is -0.198. The maximum atomic E-state index is 10.7. The summed E-state index contributed by atoms with van der Waals surface area (Å²) in [5.41, 5.74) is 0. The van der Waals surface area contributed by atoms with Crippen LogP contribution in [0, 0.1) is 5.92 Å². The summed E-state index contributed by atoms with van der Waals surface area (Å²) in [5, 5.41) is -0.198. The van der Waals surface area contributed by atoms with Crippen LogP contribution in [0.2, 0.25) is 0 Å². The average Bonchev–Trinajstić information content (AvgIpc) is 1.97. The van der Waals surface area contributed by atoms with E-state index >= 15 is 0 Å². The summed E-state index contributed by atoms with van der Waals surface area (Å²) < 4.78 is 0. The molecule has 0 saturated carbocycles. The van der Waals surface area contributed by atoms with E-state index < -0.39 is 0 Å². The second-order valence-corrected chi connectivity index (χ2v) is 3.00. The van der Waals surface area contributed by atoms with Gasteiger partial charge in [0, 0.05) is 5.92 Å². The topological polar surface area (TPSA) is 17.1 Å². The van der Waals surface area contributed by atoms with Crippen LogP contribution in [0.4, 0.5) is 0 Å². The van der Waals surface area contributed by atoms with Crippen molar-refractivity contribution in [1.29, 1.82) is 0 Å². The summed E-state index contributed by atoms with van der Waals surface area (Å²) in [6.45, 7) is 5.60. The Morgan fingerprint density at radius 3 is 2.73 bits per heavy atom. The van der Waals surface area contributed by atoms with E-state index in [1.165, 1.54) is 0 Å². The van der Waals surface area contributed by atoms with Crippen LogP contribution in [0.5, 0.6) is 0 Å². The fourth-order valence-corrected chi connectivity index (χ4v) is 1.25. The normalized spacial score (nSPS) is 12.5. The molecule has 0 aromatic heterocycles. The molecule has 0 N–H and O–H groups in total. The molecule has 0 aromatic rings. The lowest BCUT2D eigenvalue weighted by Gasteiger charge is -2.07. The highest BCUT2D eigenvalue weighted by molar-refractivity contribution is 6.63. The summed E-state index contributed by atoms with van der Waals surface area (Å²) in [4.78, 5) is 10.7. The zero-order valence-electron chi connectivity index (χ0n) is 6.98. The zero-order valence-corrected chi connectivity index (χ0v) is 7.73. The van der Waals surface area contributed by atoms with Crippen molar-refractivity contribution in [2.75, 3.05) is 0 Å². The molecule has 0 spiro atoms. The standard InChI is InChI=1S/C9H15ClO/c1-3-5-6-7-8(4-2)9(10)11/h3,8H,1,4-7H2,2H3. The Morgan fingerprint density at radius 2 is 2.36 bits per heavy atom. The fraction of sp³-hybridized carbons (Fsp3) is 0.667. The summed E-state index contributed by atoms with van der Waals surface area (Å²) in [6.07, 6.45) is 5.59. The lowest BCUT2D eigenvalue weighted by atomic mass is 10.0. The molecular weight excluding hydrogens is 160 g/mol. The van der Waals surface area contributed by atoms with E-state index in [4.69, 9.17) is 11.6 Å². The monoisotopic (exact) mass is 174 g/mol. The first-order valence-electron chi connectivity index (χ1n) is 4.02. The molecule has 0 saturated heterocycles. The number of carbonyl (C=O) groups excluding carboxylic acids is 1. The van der Waals surface area contributed by atoms with Crippen molar-refractivity contribution in [3.05, 3.63) is 12.7 Å². The van der Waals surface area contributed by atoms with Gasteiger partial charge in [0.2, 0.25) is 5.24 Å². The first-order chi connectivity index (χ1) is 5.22. The zero-order chi connectivity index (χ0) is 8.69. The van der Waals surface area contributed by atoms with Crippen LogP contribution in [-0.4, -0.2) is 5.24 Å². The minimum absolute atomic E-state index is 0.0524. The van der Waals surface area contributed by atoms with Gasteiger partial charge in [-0.3, -0.25) is 4.79 Å². The largest absolute Gasteiger partial charge is 0.281 e. The SMILES string of the molecule is C=CCCCC(CC)C(=O)Cl. The van der Waals surface area contributed by atoms with Gasteiger partial charge >= 0.3 is 0 Å². The molecule has 0 aliphatic rings. The number of rotatable bonds is 6. The Labute approximate surface area is 73.4 Å². The Kier molecular flexibility index (Phi) is 6.24. The third-order valence-electron chi connectivity index (χ3n) is 1.77. The lowest BCUT2D eigenvalue weighted by Crippen LogP contribution is -2.06. The van der Waals surface area contributed by atoms with Gasteiger partial charge in [-0.15, -0.1) is 6.58 Å². The summed E-state index contributed by atoms with van der Waals surface area (Å²) in [5.74, 6) is 0.0524. The number of unbranched alkanes of at least 4 members (excludes halogenated alkanes) is 1. The number of carbonyl (C=O) groups is 1. The van der Waals surface area contributed by atoms with Gasteiger partial charge < -0.3 is 0 Å². The molecule has 0 fully saturated rings. The molecule has 1 nitrogen and oxygen atoms in total. The molecule has 1 atom stereocenters. The number of allylic oxidation sites excluding steroid dienone is 1. The predicted molar refractivity (Wildman–Crippen MR) is 48.7 cm³/mol. The molecule has 64 valence electrons. The summed E-state index contributed by atoms with van der Waals surface area (Å²) >= 11 is 5.36. The summed E-state index contributed by atoms with van der Waals surface area (Å²) in [6, 6.07) is 0. The van der Waals surface area contributed by atoms with Crippen LogP contribution in [0.1, 0.15) is 32.6 Å². The van der Waals surface area contributed by atoms with E-state index in [2.05, 4.69) is 6.58 Å². The Hall–Kier alpha value is -0.300. The lowest BCUT2D eigenvalue weighted by molar-refractivity contribution is -0.115. The third kappa shape index (κ3) is 5.02. The van der Waals surface area contributed by atoms with Gasteiger partial charge in [0.15, 0.2) is 0 Å². The van der Waals surface area contributed by atoms with Crippen molar-refractivity contribution in [2.45, 2.75) is 32.6 Å². The van der Waals surface area contributed by atoms with Gasteiger partial charge in [0.05, 0.1) is 0 Å². The van der Waals surface area contributed by atoms with Crippen LogP contribution in [-0.2, 0) is 4.79 Å².